The lowest BCUT2D eigenvalue weighted by molar-refractivity contribution is -0.137. The van der Waals surface area contributed by atoms with Gasteiger partial charge in [-0.25, -0.2) is 4.79 Å². The quantitative estimate of drug-likeness (QED) is 0.461. The molecule has 0 saturated heterocycles. The second-order valence-corrected chi connectivity index (χ2v) is 6.12. The minimum atomic E-state index is -4.52. The molecule has 29 heavy (non-hydrogen) atoms. The number of urea groups is 1. The number of hydrogen-bond acceptors (Lipinski definition) is 4. The zero-order chi connectivity index (χ0) is 20.9. The Labute approximate surface area is 168 Å². The van der Waals surface area contributed by atoms with Gasteiger partial charge in [0.1, 0.15) is 11.5 Å². The molecule has 0 radical (unpaired) electrons. The number of nitrogens with zero attached hydrogens (tertiary/aromatic N) is 1. The summed E-state index contributed by atoms with van der Waals surface area (Å²) >= 11 is 5.81. The van der Waals surface area contributed by atoms with Crippen LogP contribution in [0, 0.1) is 0 Å². The maximum atomic E-state index is 12.7. The second kappa shape index (κ2) is 8.70. The molecule has 3 rings (SSSR count). The maximum absolute atomic E-state index is 12.7. The molecule has 0 saturated carbocycles. The Morgan fingerprint density at radius 1 is 1.00 bits per heavy atom. The summed E-state index contributed by atoms with van der Waals surface area (Å²) in [6.07, 6.45) is -1.33. The molecule has 2 aromatic carbocycles. The van der Waals surface area contributed by atoms with Gasteiger partial charge in [0.25, 0.3) is 0 Å². The number of carbonyl (C=O) groups excluding carboxylic acids is 1. The average molecular weight is 423 g/mol. The van der Waals surface area contributed by atoms with E-state index in [1.54, 1.807) is 48.8 Å². The summed E-state index contributed by atoms with van der Waals surface area (Å²) < 4.78 is 43.6. The molecule has 6 nitrogen and oxygen atoms in total. The van der Waals surface area contributed by atoms with Crippen LogP contribution in [0.4, 0.5) is 29.3 Å². The molecular formula is C19H14ClF3N4O2. The molecule has 150 valence electrons. The van der Waals surface area contributed by atoms with Crippen molar-refractivity contribution in [3.05, 3.63) is 77.6 Å². The minimum Gasteiger partial charge on any atom is -0.457 e. The Hall–Kier alpha value is -3.46. The number of amides is 2. The van der Waals surface area contributed by atoms with E-state index in [-0.39, 0.29) is 10.7 Å². The van der Waals surface area contributed by atoms with Crippen LogP contribution in [0.2, 0.25) is 5.02 Å². The summed E-state index contributed by atoms with van der Waals surface area (Å²) in [7, 11) is 0. The molecule has 0 spiro atoms. The van der Waals surface area contributed by atoms with Crippen molar-refractivity contribution in [2.45, 2.75) is 6.18 Å². The van der Waals surface area contributed by atoms with Gasteiger partial charge in [-0.15, -0.1) is 0 Å². The molecule has 0 atom stereocenters. The monoisotopic (exact) mass is 422 g/mol. The first kappa shape index (κ1) is 20.3. The highest BCUT2D eigenvalue weighted by Crippen LogP contribution is 2.33. The summed E-state index contributed by atoms with van der Waals surface area (Å²) in [6.45, 7) is 0. The van der Waals surface area contributed by atoms with Crippen LogP contribution in [0.1, 0.15) is 5.56 Å². The molecule has 3 aromatic rings. The average Bonchev–Trinajstić information content (AvgIpc) is 2.68. The molecule has 0 unspecified atom stereocenters. The fourth-order valence-corrected chi connectivity index (χ4v) is 2.48. The molecule has 0 bridgehead atoms. The zero-order valence-electron chi connectivity index (χ0n) is 14.6. The Bertz CT molecular complexity index is 1000. The molecule has 0 aliphatic rings. The standard InChI is InChI=1S/C19H14ClF3N4O2/c20-16-10-12(19(21,22)23)4-5-17(16)25-18(28)27-26-13-2-1-3-15(11-13)29-14-6-8-24-9-7-14/h1-11,26H,(H2,25,27,28). The fraction of sp³-hybridized carbons (Fsp3) is 0.0526. The van der Waals surface area contributed by atoms with Crippen molar-refractivity contribution in [3.8, 4) is 11.5 Å². The van der Waals surface area contributed by atoms with Crippen molar-refractivity contribution in [1.29, 1.82) is 0 Å². The molecule has 0 aliphatic carbocycles. The predicted octanol–water partition coefficient (Wildman–Crippen LogP) is 5.69. The van der Waals surface area contributed by atoms with Gasteiger partial charge in [-0.05, 0) is 42.5 Å². The number of hydrazine groups is 1. The largest absolute Gasteiger partial charge is 0.457 e. The Morgan fingerprint density at radius 2 is 1.76 bits per heavy atom. The highest BCUT2D eigenvalue weighted by Gasteiger charge is 2.31. The molecule has 0 aliphatic heterocycles. The summed E-state index contributed by atoms with van der Waals surface area (Å²) in [4.78, 5) is 15.9. The molecule has 0 fully saturated rings. The van der Waals surface area contributed by atoms with Crippen molar-refractivity contribution in [3.63, 3.8) is 0 Å². The van der Waals surface area contributed by atoms with E-state index in [1.807, 2.05) is 0 Å². The molecule has 1 heterocycles. The lowest BCUT2D eigenvalue weighted by atomic mass is 10.2. The third-order valence-electron chi connectivity index (χ3n) is 3.58. The van der Waals surface area contributed by atoms with Gasteiger partial charge in [-0.1, -0.05) is 17.7 Å². The zero-order valence-corrected chi connectivity index (χ0v) is 15.4. The van der Waals surface area contributed by atoms with Gasteiger partial charge in [0.2, 0.25) is 0 Å². The van der Waals surface area contributed by atoms with Crippen LogP contribution in [-0.4, -0.2) is 11.0 Å². The summed E-state index contributed by atoms with van der Waals surface area (Å²) in [6, 6.07) is 12.1. The summed E-state index contributed by atoms with van der Waals surface area (Å²) in [5.41, 5.74) is 4.68. The van der Waals surface area contributed by atoms with Crippen molar-refractivity contribution >= 4 is 29.0 Å². The highest BCUT2D eigenvalue weighted by atomic mass is 35.5. The van der Waals surface area contributed by atoms with E-state index in [9.17, 15) is 18.0 Å². The Balaban J connectivity index is 1.58. The van der Waals surface area contributed by atoms with Crippen molar-refractivity contribution in [2.75, 3.05) is 10.7 Å². The smallest absolute Gasteiger partial charge is 0.416 e. The molecule has 10 heteroatoms. The number of ether oxygens (including phenoxy) is 1. The number of alkyl halides is 3. The Morgan fingerprint density at radius 3 is 2.45 bits per heavy atom. The number of benzene rings is 2. The number of pyridine rings is 1. The molecular weight excluding hydrogens is 409 g/mol. The third-order valence-corrected chi connectivity index (χ3v) is 3.90. The van der Waals surface area contributed by atoms with Crippen LogP contribution < -0.4 is 20.9 Å². The van der Waals surface area contributed by atoms with Gasteiger partial charge in [0, 0.05) is 18.5 Å². The third kappa shape index (κ3) is 5.76. The van der Waals surface area contributed by atoms with E-state index in [0.717, 1.165) is 18.2 Å². The van der Waals surface area contributed by atoms with Gasteiger partial charge < -0.3 is 10.1 Å². The van der Waals surface area contributed by atoms with Crippen LogP contribution in [0.5, 0.6) is 11.5 Å². The molecule has 3 N–H and O–H groups in total. The molecule has 1 aromatic heterocycles. The molecule has 2 amide bonds. The summed E-state index contributed by atoms with van der Waals surface area (Å²) in [5.74, 6) is 1.12. The SMILES string of the molecule is O=C(NNc1cccc(Oc2ccncc2)c1)Nc1ccc(C(F)(F)F)cc1Cl. The number of rotatable bonds is 5. The summed E-state index contributed by atoms with van der Waals surface area (Å²) in [5, 5.41) is 2.13. The van der Waals surface area contributed by atoms with Gasteiger partial charge in [0.15, 0.2) is 0 Å². The number of carbonyl (C=O) groups is 1. The second-order valence-electron chi connectivity index (χ2n) is 5.71. The number of hydrogen-bond donors (Lipinski definition) is 3. The van der Waals surface area contributed by atoms with Crippen LogP contribution in [0.3, 0.4) is 0 Å². The lowest BCUT2D eigenvalue weighted by Gasteiger charge is -2.13. The number of halogens is 4. The van der Waals surface area contributed by atoms with Gasteiger partial charge in [-0.3, -0.25) is 15.8 Å². The Kier molecular flexibility index (Phi) is 6.08. The van der Waals surface area contributed by atoms with Gasteiger partial charge >= 0.3 is 12.2 Å². The van der Waals surface area contributed by atoms with Crippen molar-refractivity contribution in [1.82, 2.24) is 10.4 Å². The van der Waals surface area contributed by atoms with Crippen LogP contribution >= 0.6 is 11.6 Å². The van der Waals surface area contributed by atoms with Gasteiger partial charge in [-0.2, -0.15) is 13.2 Å². The van der Waals surface area contributed by atoms with E-state index >= 15 is 0 Å². The maximum Gasteiger partial charge on any atom is 0.416 e. The van der Waals surface area contributed by atoms with Crippen LogP contribution in [0.15, 0.2) is 67.0 Å². The first-order chi connectivity index (χ1) is 13.8. The van der Waals surface area contributed by atoms with E-state index in [1.165, 1.54) is 0 Å². The number of nitrogens with one attached hydrogen (secondary N) is 3. The normalized spacial score (nSPS) is 10.9. The number of aromatic nitrogens is 1. The highest BCUT2D eigenvalue weighted by molar-refractivity contribution is 6.33. The topological polar surface area (TPSA) is 75.3 Å². The van der Waals surface area contributed by atoms with E-state index in [2.05, 4.69) is 21.2 Å². The lowest BCUT2D eigenvalue weighted by Crippen LogP contribution is -2.33. The first-order valence-electron chi connectivity index (χ1n) is 8.19. The van der Waals surface area contributed by atoms with Crippen LogP contribution in [0.25, 0.3) is 0 Å². The van der Waals surface area contributed by atoms with Crippen molar-refractivity contribution in [2.24, 2.45) is 0 Å². The van der Waals surface area contributed by atoms with E-state index in [0.29, 0.717) is 17.2 Å². The van der Waals surface area contributed by atoms with E-state index < -0.39 is 17.8 Å². The first-order valence-corrected chi connectivity index (χ1v) is 8.57. The predicted molar refractivity (Wildman–Crippen MR) is 103 cm³/mol. The van der Waals surface area contributed by atoms with Gasteiger partial charge in [0.05, 0.1) is 22.0 Å². The van der Waals surface area contributed by atoms with Crippen LogP contribution in [-0.2, 0) is 6.18 Å². The minimum absolute atomic E-state index is 0.0359. The van der Waals surface area contributed by atoms with E-state index in [4.69, 9.17) is 16.3 Å². The fourth-order valence-electron chi connectivity index (χ4n) is 2.26. The number of anilines is 2. The van der Waals surface area contributed by atoms with Crippen molar-refractivity contribution < 1.29 is 22.7 Å².